The van der Waals surface area contributed by atoms with Gasteiger partial charge in [0.2, 0.25) is 0 Å². The predicted octanol–water partition coefficient (Wildman–Crippen LogP) is 1.72. The third-order valence-electron chi connectivity index (χ3n) is 3.50. The van der Waals surface area contributed by atoms with Crippen molar-refractivity contribution in [1.82, 2.24) is 9.72 Å². The number of nitrogens with zero attached hydrogens (tertiary/aromatic N) is 3. The molecule has 2 N–H and O–H groups in total. The van der Waals surface area contributed by atoms with E-state index in [1.807, 2.05) is 19.1 Å². The van der Waals surface area contributed by atoms with E-state index < -0.39 is 11.7 Å². The Morgan fingerprint density at radius 2 is 2.16 bits per heavy atom. The average Bonchev–Trinajstić information content (AvgIpc) is 3.13. The van der Waals surface area contributed by atoms with E-state index in [1.165, 1.54) is 10.6 Å². The van der Waals surface area contributed by atoms with E-state index >= 15 is 0 Å². The molecule has 3 rings (SSSR count). The summed E-state index contributed by atoms with van der Waals surface area (Å²) < 4.78 is 11.4. The Morgan fingerprint density at radius 3 is 2.88 bits per heavy atom. The lowest BCUT2D eigenvalue weighted by atomic mass is 10.2. The number of oxime groups is 1. The van der Waals surface area contributed by atoms with Crippen molar-refractivity contribution in [2.45, 2.75) is 26.8 Å². The summed E-state index contributed by atoms with van der Waals surface area (Å²) >= 11 is 0. The lowest BCUT2D eigenvalue weighted by molar-refractivity contribution is 0.0502. The summed E-state index contributed by atoms with van der Waals surface area (Å²) in [6.45, 7) is 3.81. The van der Waals surface area contributed by atoms with Crippen molar-refractivity contribution >= 4 is 22.9 Å². The molecule has 25 heavy (non-hydrogen) atoms. The molecule has 0 amide bonds. The molecule has 0 aliphatic heterocycles. The van der Waals surface area contributed by atoms with Gasteiger partial charge in [-0.15, -0.1) is 0 Å². The third kappa shape index (κ3) is 3.60. The first-order valence-electron chi connectivity index (χ1n) is 7.51. The van der Waals surface area contributed by atoms with Gasteiger partial charge in [-0.05, 0) is 31.5 Å². The third-order valence-corrected chi connectivity index (χ3v) is 3.50. The van der Waals surface area contributed by atoms with Crippen LogP contribution in [0.1, 0.15) is 28.2 Å². The number of fused-ring (bicyclic) bond motifs is 1. The van der Waals surface area contributed by atoms with E-state index in [9.17, 15) is 9.59 Å². The van der Waals surface area contributed by atoms with Crippen molar-refractivity contribution in [3.8, 4) is 0 Å². The molecule has 2 aromatic heterocycles. The fourth-order valence-electron chi connectivity index (χ4n) is 2.27. The molecule has 0 aliphatic rings. The molecule has 130 valence electrons. The predicted molar refractivity (Wildman–Crippen MR) is 88.1 cm³/mol. The number of carbonyl (C=O) groups excluding carboxylic acids is 1. The van der Waals surface area contributed by atoms with Crippen molar-refractivity contribution in [2.75, 3.05) is 0 Å². The molecule has 0 spiro atoms. The van der Waals surface area contributed by atoms with Crippen LogP contribution in [0.15, 0.2) is 43.2 Å². The second-order valence-electron chi connectivity index (χ2n) is 5.52. The van der Waals surface area contributed by atoms with Crippen LogP contribution in [-0.4, -0.2) is 21.5 Å². The van der Waals surface area contributed by atoms with Gasteiger partial charge in [0.25, 0.3) is 0 Å². The van der Waals surface area contributed by atoms with Crippen LogP contribution < -0.4 is 11.5 Å². The summed E-state index contributed by atoms with van der Waals surface area (Å²) in [5.74, 6) is -0.724. The normalized spacial score (nSPS) is 11.8. The van der Waals surface area contributed by atoms with Gasteiger partial charge in [0.1, 0.15) is 11.6 Å². The Hall–Kier alpha value is -3.36. The zero-order chi connectivity index (χ0) is 18.0. The highest BCUT2D eigenvalue weighted by molar-refractivity contribution is 5.88. The summed E-state index contributed by atoms with van der Waals surface area (Å²) in [7, 11) is 0. The Bertz CT molecular complexity index is 1010. The number of nitrogens with two attached hydrogens (primary N) is 1. The molecular weight excluding hydrogens is 328 g/mol. The van der Waals surface area contributed by atoms with Gasteiger partial charge in [-0.25, -0.2) is 9.59 Å². The van der Waals surface area contributed by atoms with Gasteiger partial charge in [-0.3, -0.25) is 4.57 Å². The molecule has 0 saturated carbocycles. The van der Waals surface area contributed by atoms with Crippen molar-refractivity contribution in [3.05, 3.63) is 51.8 Å². The van der Waals surface area contributed by atoms with Crippen LogP contribution in [0.5, 0.6) is 0 Å². The second-order valence-corrected chi connectivity index (χ2v) is 5.52. The summed E-state index contributed by atoms with van der Waals surface area (Å²) in [6.07, 6.45) is 0.202. The maximum Gasteiger partial charge on any atom is 0.419 e. The van der Waals surface area contributed by atoms with E-state index in [-0.39, 0.29) is 24.5 Å². The highest BCUT2D eigenvalue weighted by Crippen LogP contribution is 2.15. The van der Waals surface area contributed by atoms with Gasteiger partial charge in [-0.1, -0.05) is 16.4 Å². The van der Waals surface area contributed by atoms with Crippen LogP contribution in [0.25, 0.3) is 11.1 Å². The van der Waals surface area contributed by atoms with Crippen molar-refractivity contribution in [1.29, 1.82) is 0 Å². The van der Waals surface area contributed by atoms with Gasteiger partial charge in [-0.2, -0.15) is 0 Å². The van der Waals surface area contributed by atoms with Crippen LogP contribution in [0.3, 0.4) is 0 Å². The minimum absolute atomic E-state index is 0.00146. The number of benzene rings is 1. The maximum absolute atomic E-state index is 11.9. The lowest BCUT2D eigenvalue weighted by Gasteiger charge is -2.02. The van der Waals surface area contributed by atoms with E-state index in [2.05, 4.69) is 10.3 Å². The topological polar surface area (TPSA) is 126 Å². The molecule has 2 heterocycles. The van der Waals surface area contributed by atoms with Gasteiger partial charge < -0.3 is 19.5 Å². The maximum atomic E-state index is 11.9. The number of hydrogen-bond donors (Lipinski definition) is 1. The lowest BCUT2D eigenvalue weighted by Crippen LogP contribution is -2.21. The molecule has 0 unspecified atom stereocenters. The smallest absolute Gasteiger partial charge is 0.408 e. The van der Waals surface area contributed by atoms with Crippen LogP contribution >= 0.6 is 0 Å². The molecule has 0 radical (unpaired) electrons. The van der Waals surface area contributed by atoms with Gasteiger partial charge in [0, 0.05) is 19.0 Å². The average molecular weight is 344 g/mol. The summed E-state index contributed by atoms with van der Waals surface area (Å²) in [5, 5.41) is 7.07. The number of oxazole rings is 1. The number of rotatable bonds is 5. The van der Waals surface area contributed by atoms with Crippen LogP contribution in [0.4, 0.5) is 0 Å². The molecule has 0 saturated heterocycles. The second kappa shape index (κ2) is 6.63. The standard InChI is InChI=1S/C16H16N4O5/c1-9-3-4-13-12(7-9)20(16(22)23-13)6-5-14(17)19-25-15(21)11-8-10(2)24-18-11/h3-4,7-8H,5-6H2,1-2H3,(H2,17,19). The van der Waals surface area contributed by atoms with Crippen molar-refractivity contribution < 1.29 is 18.6 Å². The Balaban J connectivity index is 1.67. The molecule has 9 nitrogen and oxygen atoms in total. The van der Waals surface area contributed by atoms with Gasteiger partial charge in [0.15, 0.2) is 11.3 Å². The van der Waals surface area contributed by atoms with Crippen molar-refractivity contribution in [3.63, 3.8) is 0 Å². The first kappa shape index (κ1) is 16.5. The Morgan fingerprint density at radius 1 is 1.36 bits per heavy atom. The fourth-order valence-corrected chi connectivity index (χ4v) is 2.27. The highest BCUT2D eigenvalue weighted by Gasteiger charge is 2.13. The molecule has 9 heteroatoms. The Labute approximate surface area is 141 Å². The van der Waals surface area contributed by atoms with E-state index in [1.54, 1.807) is 13.0 Å². The van der Waals surface area contributed by atoms with E-state index in [4.69, 9.17) is 19.5 Å². The van der Waals surface area contributed by atoms with Gasteiger partial charge >= 0.3 is 11.7 Å². The molecule has 0 fully saturated rings. The van der Waals surface area contributed by atoms with E-state index in [0.717, 1.165) is 5.56 Å². The molecule has 0 aliphatic carbocycles. The first-order chi connectivity index (χ1) is 11.9. The largest absolute Gasteiger partial charge is 0.419 e. The summed E-state index contributed by atoms with van der Waals surface area (Å²) in [5.41, 5.74) is 7.90. The van der Waals surface area contributed by atoms with E-state index in [0.29, 0.717) is 16.9 Å². The van der Waals surface area contributed by atoms with Crippen LogP contribution in [0.2, 0.25) is 0 Å². The quantitative estimate of drug-likeness (QED) is 0.323. The first-order valence-corrected chi connectivity index (χ1v) is 7.51. The number of amidine groups is 1. The zero-order valence-electron chi connectivity index (χ0n) is 13.7. The molecular formula is C16H16N4O5. The Kier molecular flexibility index (Phi) is 4.38. The molecule has 1 aromatic carbocycles. The summed E-state index contributed by atoms with van der Waals surface area (Å²) in [4.78, 5) is 28.3. The molecule has 3 aromatic rings. The minimum Gasteiger partial charge on any atom is -0.408 e. The van der Waals surface area contributed by atoms with Crippen molar-refractivity contribution in [2.24, 2.45) is 10.9 Å². The molecule has 0 bridgehead atoms. The number of aryl methyl sites for hydroxylation is 3. The number of aromatic nitrogens is 2. The minimum atomic E-state index is -0.777. The monoisotopic (exact) mass is 344 g/mol. The molecule has 0 atom stereocenters. The SMILES string of the molecule is Cc1ccc2oc(=O)n(CCC(N)=NOC(=O)c3cc(C)on3)c2c1. The van der Waals surface area contributed by atoms with Gasteiger partial charge in [0.05, 0.1) is 5.52 Å². The number of carbonyl (C=O) groups is 1. The highest BCUT2D eigenvalue weighted by atomic mass is 16.7. The zero-order valence-corrected chi connectivity index (χ0v) is 13.7. The summed E-state index contributed by atoms with van der Waals surface area (Å²) in [6, 6.07) is 6.87. The fraction of sp³-hybridized carbons (Fsp3) is 0.250. The number of hydrogen-bond acceptors (Lipinski definition) is 7. The van der Waals surface area contributed by atoms with Crippen LogP contribution in [-0.2, 0) is 11.4 Å². The van der Waals surface area contributed by atoms with Crippen LogP contribution in [0, 0.1) is 13.8 Å².